The van der Waals surface area contributed by atoms with Crippen LogP contribution in [0.2, 0.25) is 0 Å². The van der Waals surface area contributed by atoms with Gasteiger partial charge in [-0.1, -0.05) is 60.7 Å². The topological polar surface area (TPSA) is 76.7 Å². The highest BCUT2D eigenvalue weighted by molar-refractivity contribution is 6.05. The SMILES string of the molecule is COc1ccccc1OCC(=O)Nc1cccc(NC(=O)c2ccc(-c3ccccc3)cc2)c1. The van der Waals surface area contributed by atoms with Crippen LogP contribution in [0.3, 0.4) is 0 Å². The molecule has 0 atom stereocenters. The Kier molecular flexibility index (Phi) is 7.20. The largest absolute Gasteiger partial charge is 0.493 e. The third kappa shape index (κ3) is 5.81. The van der Waals surface area contributed by atoms with E-state index in [9.17, 15) is 9.59 Å². The highest BCUT2D eigenvalue weighted by Gasteiger charge is 2.10. The van der Waals surface area contributed by atoms with Gasteiger partial charge in [0.25, 0.3) is 11.8 Å². The van der Waals surface area contributed by atoms with E-state index in [1.807, 2.05) is 48.5 Å². The first-order chi connectivity index (χ1) is 16.6. The molecule has 0 bridgehead atoms. The predicted octanol–water partition coefficient (Wildman–Crippen LogP) is 5.63. The highest BCUT2D eigenvalue weighted by Crippen LogP contribution is 2.26. The average Bonchev–Trinajstić information content (AvgIpc) is 2.88. The number of hydrogen-bond donors (Lipinski definition) is 2. The normalized spacial score (nSPS) is 10.3. The summed E-state index contributed by atoms with van der Waals surface area (Å²) in [4.78, 5) is 25.0. The number of para-hydroxylation sites is 2. The molecule has 2 amide bonds. The lowest BCUT2D eigenvalue weighted by molar-refractivity contribution is -0.118. The van der Waals surface area contributed by atoms with Crippen molar-refractivity contribution in [3.05, 3.63) is 109 Å². The van der Waals surface area contributed by atoms with E-state index in [2.05, 4.69) is 10.6 Å². The highest BCUT2D eigenvalue weighted by atomic mass is 16.5. The van der Waals surface area contributed by atoms with Crippen molar-refractivity contribution in [1.29, 1.82) is 0 Å². The molecule has 0 saturated heterocycles. The Bertz CT molecular complexity index is 1270. The summed E-state index contributed by atoms with van der Waals surface area (Å²) in [7, 11) is 1.54. The van der Waals surface area contributed by atoms with Gasteiger partial charge in [0.15, 0.2) is 18.1 Å². The number of methoxy groups -OCH3 is 1. The molecule has 0 unspecified atom stereocenters. The van der Waals surface area contributed by atoms with Crippen LogP contribution < -0.4 is 20.1 Å². The van der Waals surface area contributed by atoms with Gasteiger partial charge < -0.3 is 20.1 Å². The zero-order valence-electron chi connectivity index (χ0n) is 18.7. The molecule has 2 N–H and O–H groups in total. The third-order valence-electron chi connectivity index (χ3n) is 5.09. The van der Waals surface area contributed by atoms with Crippen molar-refractivity contribution in [2.24, 2.45) is 0 Å². The molecule has 0 heterocycles. The molecule has 0 fully saturated rings. The molecule has 6 heteroatoms. The van der Waals surface area contributed by atoms with Crippen molar-refractivity contribution in [2.75, 3.05) is 24.4 Å². The van der Waals surface area contributed by atoms with Crippen LogP contribution in [0.15, 0.2) is 103 Å². The van der Waals surface area contributed by atoms with E-state index < -0.39 is 0 Å². The molecule has 0 aromatic heterocycles. The molecule has 4 rings (SSSR count). The van der Waals surface area contributed by atoms with Gasteiger partial charge in [-0.05, 0) is 53.6 Å². The summed E-state index contributed by atoms with van der Waals surface area (Å²) in [6.45, 7) is -0.176. The van der Waals surface area contributed by atoms with Crippen LogP contribution >= 0.6 is 0 Å². The lowest BCUT2D eigenvalue weighted by Crippen LogP contribution is -2.20. The minimum atomic E-state index is -0.328. The van der Waals surface area contributed by atoms with E-state index >= 15 is 0 Å². The molecular formula is C28H24N2O4. The molecule has 34 heavy (non-hydrogen) atoms. The van der Waals surface area contributed by atoms with Gasteiger partial charge in [-0.3, -0.25) is 9.59 Å². The molecule has 0 aliphatic carbocycles. The smallest absolute Gasteiger partial charge is 0.262 e. The lowest BCUT2D eigenvalue weighted by Gasteiger charge is -2.11. The van der Waals surface area contributed by atoms with Crippen molar-refractivity contribution >= 4 is 23.2 Å². The number of rotatable bonds is 8. The van der Waals surface area contributed by atoms with Crippen LogP contribution in [0.4, 0.5) is 11.4 Å². The van der Waals surface area contributed by atoms with Crippen LogP contribution in [0.25, 0.3) is 11.1 Å². The van der Waals surface area contributed by atoms with Crippen LogP contribution in [0.5, 0.6) is 11.5 Å². The first-order valence-electron chi connectivity index (χ1n) is 10.7. The number of ether oxygens (including phenoxy) is 2. The Balaban J connectivity index is 1.35. The van der Waals surface area contributed by atoms with E-state index in [1.165, 1.54) is 0 Å². The van der Waals surface area contributed by atoms with Crippen LogP contribution in [-0.4, -0.2) is 25.5 Å². The van der Waals surface area contributed by atoms with Gasteiger partial charge in [-0.25, -0.2) is 0 Å². The number of benzene rings is 4. The fraction of sp³-hybridized carbons (Fsp3) is 0.0714. The second-order valence-electron chi connectivity index (χ2n) is 7.47. The van der Waals surface area contributed by atoms with Gasteiger partial charge in [0, 0.05) is 16.9 Å². The minimum Gasteiger partial charge on any atom is -0.493 e. The molecule has 0 spiro atoms. The van der Waals surface area contributed by atoms with Gasteiger partial charge in [-0.15, -0.1) is 0 Å². The van der Waals surface area contributed by atoms with Crippen LogP contribution in [-0.2, 0) is 4.79 Å². The first kappa shape index (κ1) is 22.6. The fourth-order valence-electron chi connectivity index (χ4n) is 3.40. The summed E-state index contributed by atoms with van der Waals surface area (Å²) in [5, 5.41) is 5.64. The van der Waals surface area contributed by atoms with Gasteiger partial charge in [0.2, 0.25) is 0 Å². The maximum absolute atomic E-state index is 12.7. The van der Waals surface area contributed by atoms with Crippen molar-refractivity contribution in [3.8, 4) is 22.6 Å². The molecule has 170 valence electrons. The molecule has 4 aromatic carbocycles. The standard InChI is InChI=1S/C28H24N2O4/c1-33-25-12-5-6-13-26(25)34-19-27(31)29-23-10-7-11-24(18-23)30-28(32)22-16-14-21(15-17-22)20-8-3-2-4-9-20/h2-18H,19H2,1H3,(H,29,31)(H,30,32). The summed E-state index contributed by atoms with van der Waals surface area (Å²) in [5.41, 5.74) is 3.79. The summed E-state index contributed by atoms with van der Waals surface area (Å²) in [5.74, 6) is 0.477. The maximum Gasteiger partial charge on any atom is 0.262 e. The van der Waals surface area contributed by atoms with Crippen molar-refractivity contribution in [1.82, 2.24) is 0 Å². The van der Waals surface area contributed by atoms with Crippen molar-refractivity contribution in [2.45, 2.75) is 0 Å². The first-order valence-corrected chi connectivity index (χ1v) is 10.7. The molecule has 0 aliphatic rings. The predicted molar refractivity (Wildman–Crippen MR) is 133 cm³/mol. The summed E-state index contributed by atoms with van der Waals surface area (Å²) >= 11 is 0. The lowest BCUT2D eigenvalue weighted by atomic mass is 10.0. The quantitative estimate of drug-likeness (QED) is 0.363. The van der Waals surface area contributed by atoms with Crippen molar-refractivity contribution < 1.29 is 19.1 Å². The monoisotopic (exact) mass is 452 g/mol. The molecule has 0 radical (unpaired) electrons. The second-order valence-corrected chi connectivity index (χ2v) is 7.47. The average molecular weight is 453 g/mol. The minimum absolute atomic E-state index is 0.176. The van der Waals surface area contributed by atoms with Gasteiger partial charge >= 0.3 is 0 Å². The third-order valence-corrected chi connectivity index (χ3v) is 5.09. The zero-order chi connectivity index (χ0) is 23.8. The second kappa shape index (κ2) is 10.8. The summed E-state index contributed by atoms with van der Waals surface area (Å²) in [6, 6.07) is 31.5. The number of carbonyl (C=O) groups is 2. The van der Waals surface area contributed by atoms with E-state index in [0.29, 0.717) is 28.4 Å². The van der Waals surface area contributed by atoms with Crippen LogP contribution in [0, 0.1) is 0 Å². The maximum atomic E-state index is 12.7. The summed E-state index contributed by atoms with van der Waals surface area (Å²) < 4.78 is 10.8. The molecular weight excluding hydrogens is 428 g/mol. The number of anilines is 2. The Morgan fingerprint density at radius 3 is 2.00 bits per heavy atom. The Morgan fingerprint density at radius 1 is 0.676 bits per heavy atom. The molecule has 0 saturated carbocycles. The zero-order valence-corrected chi connectivity index (χ0v) is 18.7. The van der Waals surface area contributed by atoms with Gasteiger partial charge in [0.05, 0.1) is 7.11 Å². The number of hydrogen-bond acceptors (Lipinski definition) is 4. The van der Waals surface area contributed by atoms with E-state index in [0.717, 1.165) is 11.1 Å². The number of carbonyl (C=O) groups excluding carboxylic acids is 2. The van der Waals surface area contributed by atoms with Gasteiger partial charge in [0.1, 0.15) is 0 Å². The summed E-state index contributed by atoms with van der Waals surface area (Å²) in [6.07, 6.45) is 0. The van der Waals surface area contributed by atoms with Crippen molar-refractivity contribution in [3.63, 3.8) is 0 Å². The molecule has 6 nitrogen and oxygen atoms in total. The molecule has 4 aromatic rings. The number of amides is 2. The van der Waals surface area contributed by atoms with E-state index in [-0.39, 0.29) is 18.4 Å². The van der Waals surface area contributed by atoms with Crippen LogP contribution in [0.1, 0.15) is 10.4 Å². The van der Waals surface area contributed by atoms with E-state index in [4.69, 9.17) is 9.47 Å². The fourth-order valence-corrected chi connectivity index (χ4v) is 3.40. The number of nitrogens with one attached hydrogen (secondary N) is 2. The van der Waals surface area contributed by atoms with Gasteiger partial charge in [-0.2, -0.15) is 0 Å². The van der Waals surface area contributed by atoms with E-state index in [1.54, 1.807) is 61.7 Å². The Labute approximate surface area is 198 Å². The molecule has 0 aliphatic heterocycles. The Morgan fingerprint density at radius 2 is 1.29 bits per heavy atom. The Hall–Kier alpha value is -4.58.